The van der Waals surface area contributed by atoms with Gasteiger partial charge in [-0.15, -0.1) is 26.3 Å². The summed E-state index contributed by atoms with van der Waals surface area (Å²) >= 11 is 0. The number of rotatable bonds is 6. The molecule has 2 N–H and O–H groups in total. The molecule has 1 aliphatic rings. The number of halogens is 6. The number of urea groups is 1. The summed E-state index contributed by atoms with van der Waals surface area (Å²) in [6.07, 6.45) is -7.41. The van der Waals surface area contributed by atoms with E-state index in [2.05, 4.69) is 20.1 Å². The fourth-order valence-corrected chi connectivity index (χ4v) is 3.58. The van der Waals surface area contributed by atoms with Crippen LogP contribution in [0.15, 0.2) is 42.5 Å². The van der Waals surface area contributed by atoms with Crippen LogP contribution >= 0.6 is 0 Å². The van der Waals surface area contributed by atoms with Crippen LogP contribution in [0.2, 0.25) is 0 Å². The third-order valence-corrected chi connectivity index (χ3v) is 5.01. The van der Waals surface area contributed by atoms with Crippen molar-refractivity contribution in [3.8, 4) is 17.2 Å². The zero-order chi connectivity index (χ0) is 24.9. The molecular weight excluding hydrogens is 470 g/mol. The number of amides is 2. The van der Waals surface area contributed by atoms with Gasteiger partial charge in [0.1, 0.15) is 17.2 Å². The van der Waals surface area contributed by atoms with Gasteiger partial charge in [0.25, 0.3) is 0 Å². The van der Waals surface area contributed by atoms with Gasteiger partial charge in [-0.25, -0.2) is 4.79 Å². The van der Waals surface area contributed by atoms with Crippen molar-refractivity contribution in [1.29, 1.82) is 0 Å². The Morgan fingerprint density at radius 1 is 0.882 bits per heavy atom. The van der Waals surface area contributed by atoms with Crippen LogP contribution in [0, 0.1) is 6.92 Å². The average molecular weight is 492 g/mol. The molecule has 0 bridgehead atoms. The lowest BCUT2D eigenvalue weighted by molar-refractivity contribution is -0.275. The highest BCUT2D eigenvalue weighted by molar-refractivity contribution is 5.89. The molecular formula is C22H22F6N2O4. The first-order chi connectivity index (χ1) is 15.9. The lowest BCUT2D eigenvalue weighted by atomic mass is 9.93. The van der Waals surface area contributed by atoms with E-state index in [1.54, 1.807) is 6.92 Å². The van der Waals surface area contributed by atoms with Crippen molar-refractivity contribution in [3.05, 3.63) is 48.0 Å². The summed E-state index contributed by atoms with van der Waals surface area (Å²) in [5, 5.41) is 5.24. The van der Waals surface area contributed by atoms with Crippen LogP contribution in [0.5, 0.6) is 17.2 Å². The van der Waals surface area contributed by atoms with Crippen LogP contribution in [0.1, 0.15) is 31.2 Å². The van der Waals surface area contributed by atoms with Gasteiger partial charge in [0.05, 0.1) is 6.10 Å². The normalized spacial score (nSPS) is 18.7. The molecule has 186 valence electrons. The van der Waals surface area contributed by atoms with Crippen LogP contribution in [0.3, 0.4) is 0 Å². The first-order valence-electron chi connectivity index (χ1n) is 10.3. The Morgan fingerprint density at radius 2 is 1.50 bits per heavy atom. The number of hydrogen-bond donors (Lipinski definition) is 2. The molecule has 6 nitrogen and oxygen atoms in total. The molecule has 1 fully saturated rings. The number of aryl methyl sites for hydroxylation is 1. The highest BCUT2D eigenvalue weighted by Crippen LogP contribution is 2.31. The third-order valence-electron chi connectivity index (χ3n) is 5.01. The molecule has 0 aliphatic heterocycles. The molecule has 1 aliphatic carbocycles. The molecule has 12 heteroatoms. The number of alkyl halides is 6. The van der Waals surface area contributed by atoms with E-state index in [0.717, 1.165) is 12.1 Å². The molecule has 3 rings (SSSR count). The number of carbonyl (C=O) groups is 1. The number of anilines is 1. The summed E-state index contributed by atoms with van der Waals surface area (Å²) in [5.74, 6) is -0.326. The van der Waals surface area contributed by atoms with E-state index in [1.807, 2.05) is 0 Å². The van der Waals surface area contributed by atoms with E-state index in [-0.39, 0.29) is 23.6 Å². The highest BCUT2D eigenvalue weighted by atomic mass is 19.4. The Morgan fingerprint density at radius 3 is 2.09 bits per heavy atom. The van der Waals surface area contributed by atoms with Crippen molar-refractivity contribution in [3.63, 3.8) is 0 Å². The number of benzene rings is 2. The molecule has 0 unspecified atom stereocenters. The van der Waals surface area contributed by atoms with Gasteiger partial charge < -0.3 is 24.8 Å². The van der Waals surface area contributed by atoms with E-state index in [4.69, 9.17) is 4.74 Å². The van der Waals surface area contributed by atoms with Crippen LogP contribution in [-0.4, -0.2) is 30.9 Å². The van der Waals surface area contributed by atoms with Gasteiger partial charge in [-0.1, -0.05) is 6.07 Å². The Hall–Kier alpha value is -3.31. The molecule has 2 aromatic rings. The first kappa shape index (κ1) is 25.3. The highest BCUT2D eigenvalue weighted by Gasteiger charge is 2.32. The lowest BCUT2D eigenvalue weighted by Gasteiger charge is -2.30. The van der Waals surface area contributed by atoms with Gasteiger partial charge >= 0.3 is 18.8 Å². The Balaban J connectivity index is 1.45. The van der Waals surface area contributed by atoms with Crippen LogP contribution < -0.4 is 24.8 Å². The van der Waals surface area contributed by atoms with Gasteiger partial charge in [-0.05, 0) is 68.5 Å². The molecule has 2 amide bonds. The SMILES string of the molecule is Cc1cc(OC(F)(F)F)ccc1OC1CCC(NC(=O)Nc2cccc(OC(F)(F)F)c2)CC1. The first-order valence-corrected chi connectivity index (χ1v) is 10.3. The van der Waals surface area contributed by atoms with E-state index in [1.165, 1.54) is 30.3 Å². The zero-order valence-corrected chi connectivity index (χ0v) is 17.9. The number of ether oxygens (including phenoxy) is 3. The quantitative estimate of drug-likeness (QED) is 0.464. The monoisotopic (exact) mass is 492 g/mol. The molecule has 1 saturated carbocycles. The number of nitrogens with one attached hydrogen (secondary N) is 2. The van der Waals surface area contributed by atoms with Gasteiger partial charge in [0.15, 0.2) is 0 Å². The van der Waals surface area contributed by atoms with Gasteiger partial charge in [0, 0.05) is 17.8 Å². The Bertz CT molecular complexity index is 988. The van der Waals surface area contributed by atoms with Gasteiger partial charge in [0.2, 0.25) is 0 Å². The third kappa shape index (κ3) is 8.23. The maximum atomic E-state index is 12.3. The Labute approximate surface area is 191 Å². The van der Waals surface area contributed by atoms with Crippen LogP contribution in [0.4, 0.5) is 36.8 Å². The van der Waals surface area contributed by atoms with Gasteiger partial charge in [-0.3, -0.25) is 0 Å². The summed E-state index contributed by atoms with van der Waals surface area (Å²) in [5.41, 5.74) is 0.641. The summed E-state index contributed by atoms with van der Waals surface area (Å²) in [6, 6.07) is 8.05. The molecule has 2 aromatic carbocycles. The molecule has 0 saturated heterocycles. The second-order valence-corrected chi connectivity index (χ2v) is 7.74. The smallest absolute Gasteiger partial charge is 0.490 e. The molecule has 0 heterocycles. The van der Waals surface area contributed by atoms with Crippen molar-refractivity contribution in [2.45, 2.75) is 57.5 Å². The largest absolute Gasteiger partial charge is 0.573 e. The lowest BCUT2D eigenvalue weighted by Crippen LogP contribution is -2.41. The molecule has 34 heavy (non-hydrogen) atoms. The summed E-state index contributed by atoms with van der Waals surface area (Å²) < 4.78 is 87.6. The minimum atomic E-state index is -4.83. The summed E-state index contributed by atoms with van der Waals surface area (Å²) in [4.78, 5) is 12.2. The second kappa shape index (κ2) is 10.3. The predicted molar refractivity (Wildman–Crippen MR) is 110 cm³/mol. The molecule has 0 radical (unpaired) electrons. The van der Waals surface area contributed by atoms with E-state index >= 15 is 0 Å². The van der Waals surface area contributed by atoms with Crippen LogP contribution in [-0.2, 0) is 0 Å². The fraction of sp³-hybridized carbons (Fsp3) is 0.409. The van der Waals surface area contributed by atoms with E-state index < -0.39 is 24.5 Å². The number of carbonyl (C=O) groups excluding carboxylic acids is 1. The number of hydrogen-bond acceptors (Lipinski definition) is 4. The van der Waals surface area contributed by atoms with Crippen molar-refractivity contribution in [1.82, 2.24) is 5.32 Å². The summed E-state index contributed by atoms with van der Waals surface area (Å²) in [7, 11) is 0. The second-order valence-electron chi connectivity index (χ2n) is 7.74. The standard InChI is InChI=1S/C22H22F6N2O4/c1-13-11-18(34-22(26,27)28)9-10-19(13)32-16-7-5-14(6-8-16)29-20(31)30-15-3-2-4-17(12-15)33-21(23,24)25/h2-4,9-12,14,16H,5-8H2,1H3,(H2,29,30,31). The fourth-order valence-electron chi connectivity index (χ4n) is 3.58. The van der Waals surface area contributed by atoms with Crippen LogP contribution in [0.25, 0.3) is 0 Å². The van der Waals surface area contributed by atoms with Gasteiger partial charge in [-0.2, -0.15) is 0 Å². The summed E-state index contributed by atoms with van der Waals surface area (Å²) in [6.45, 7) is 1.62. The van der Waals surface area contributed by atoms with Crippen molar-refractivity contribution < 1.29 is 45.3 Å². The Kier molecular flexibility index (Phi) is 7.68. The van der Waals surface area contributed by atoms with E-state index in [9.17, 15) is 31.1 Å². The zero-order valence-electron chi connectivity index (χ0n) is 17.9. The van der Waals surface area contributed by atoms with Crippen molar-refractivity contribution in [2.75, 3.05) is 5.32 Å². The van der Waals surface area contributed by atoms with Crippen molar-refractivity contribution >= 4 is 11.7 Å². The minimum Gasteiger partial charge on any atom is -0.490 e. The van der Waals surface area contributed by atoms with Crippen molar-refractivity contribution in [2.24, 2.45) is 0 Å². The van der Waals surface area contributed by atoms with E-state index in [0.29, 0.717) is 37.0 Å². The maximum Gasteiger partial charge on any atom is 0.573 e. The average Bonchev–Trinajstić information content (AvgIpc) is 2.69. The molecule has 0 atom stereocenters. The topological polar surface area (TPSA) is 68.8 Å². The molecule has 0 aromatic heterocycles. The minimum absolute atomic E-state index is 0.143. The maximum absolute atomic E-state index is 12.3. The molecule has 0 spiro atoms. The predicted octanol–water partition coefficient (Wildman–Crippen LogP) is 6.30.